The second-order valence-corrected chi connectivity index (χ2v) is 4.92. The summed E-state index contributed by atoms with van der Waals surface area (Å²) >= 11 is 5.76. The van der Waals surface area contributed by atoms with Crippen LogP contribution in [0.4, 0.5) is 10.6 Å². The number of hydrogen-bond donors (Lipinski definition) is 3. The fourth-order valence-corrected chi connectivity index (χ4v) is 1.74. The molecular weight excluding hydrogens is 328 g/mol. The summed E-state index contributed by atoms with van der Waals surface area (Å²) in [4.78, 5) is 38.0. The Labute approximate surface area is 136 Å². The highest BCUT2D eigenvalue weighted by Gasteiger charge is 2.14. The number of nitrogens with zero attached hydrogens (tertiary/aromatic N) is 2. The van der Waals surface area contributed by atoms with Gasteiger partial charge >= 0.3 is 12.1 Å². The lowest BCUT2D eigenvalue weighted by Crippen LogP contribution is -2.37. The molecule has 0 aliphatic rings. The van der Waals surface area contributed by atoms with Crippen LogP contribution in [-0.4, -0.2) is 45.9 Å². The number of carbonyl (C=O) groups is 2. The van der Waals surface area contributed by atoms with Crippen molar-refractivity contribution in [1.29, 1.82) is 0 Å². The molecule has 3 N–H and O–H groups in total. The van der Waals surface area contributed by atoms with Crippen molar-refractivity contribution in [2.75, 3.05) is 18.5 Å². The SMILES string of the molecule is C=CCOC(=O)NC[C@H](C)Nc1ncc(Cl)n(CC(=O)O)c1=O. The zero-order valence-electron chi connectivity index (χ0n) is 12.4. The number of rotatable bonds is 8. The fraction of sp³-hybridized carbons (Fsp3) is 0.385. The van der Waals surface area contributed by atoms with Crippen molar-refractivity contribution in [3.63, 3.8) is 0 Å². The van der Waals surface area contributed by atoms with Crippen LogP contribution >= 0.6 is 11.6 Å². The van der Waals surface area contributed by atoms with Crippen LogP contribution in [0.5, 0.6) is 0 Å². The third-order valence-electron chi connectivity index (χ3n) is 2.57. The molecule has 0 spiro atoms. The molecule has 0 bridgehead atoms. The standard InChI is InChI=1S/C13H17ClN4O5/c1-3-4-23-13(22)16-5-8(2)17-11-12(21)18(7-10(19)20)9(14)6-15-11/h3,6,8H,1,4-5,7H2,2H3,(H,15,17)(H,16,22)(H,19,20)/t8-/m0/s1. The molecule has 0 aliphatic heterocycles. The van der Waals surface area contributed by atoms with Crippen molar-refractivity contribution in [1.82, 2.24) is 14.9 Å². The van der Waals surface area contributed by atoms with Crippen LogP contribution in [0.25, 0.3) is 0 Å². The summed E-state index contributed by atoms with van der Waals surface area (Å²) in [7, 11) is 0. The summed E-state index contributed by atoms with van der Waals surface area (Å²) < 4.78 is 5.61. The lowest BCUT2D eigenvalue weighted by molar-refractivity contribution is -0.137. The van der Waals surface area contributed by atoms with E-state index in [1.807, 2.05) is 0 Å². The van der Waals surface area contributed by atoms with Crippen molar-refractivity contribution >= 4 is 29.5 Å². The average Bonchev–Trinajstić information content (AvgIpc) is 2.50. The Morgan fingerprint density at radius 3 is 2.91 bits per heavy atom. The van der Waals surface area contributed by atoms with Gasteiger partial charge in [-0.15, -0.1) is 0 Å². The van der Waals surface area contributed by atoms with E-state index in [4.69, 9.17) is 21.4 Å². The van der Waals surface area contributed by atoms with Crippen molar-refractivity contribution in [2.45, 2.75) is 19.5 Å². The van der Waals surface area contributed by atoms with E-state index in [2.05, 4.69) is 22.2 Å². The largest absolute Gasteiger partial charge is 0.480 e. The number of aromatic nitrogens is 2. The topological polar surface area (TPSA) is 123 Å². The quantitative estimate of drug-likeness (QED) is 0.593. The van der Waals surface area contributed by atoms with E-state index in [-0.39, 0.29) is 30.2 Å². The predicted molar refractivity (Wildman–Crippen MR) is 83.8 cm³/mol. The van der Waals surface area contributed by atoms with Crippen molar-refractivity contribution in [3.05, 3.63) is 34.4 Å². The van der Waals surface area contributed by atoms with Gasteiger partial charge in [0.05, 0.1) is 6.20 Å². The van der Waals surface area contributed by atoms with E-state index in [0.29, 0.717) is 0 Å². The molecule has 1 aromatic heterocycles. The molecule has 0 saturated heterocycles. The smallest absolute Gasteiger partial charge is 0.407 e. The molecular formula is C13H17ClN4O5. The van der Waals surface area contributed by atoms with Gasteiger partial charge in [0, 0.05) is 12.6 Å². The van der Waals surface area contributed by atoms with Gasteiger partial charge in [-0.05, 0) is 6.92 Å². The number of ether oxygens (including phenoxy) is 1. The molecule has 0 unspecified atom stereocenters. The number of nitrogens with one attached hydrogen (secondary N) is 2. The summed E-state index contributed by atoms with van der Waals surface area (Å²) in [5, 5.41) is 14.0. The molecule has 9 nitrogen and oxygen atoms in total. The first-order valence-corrected chi connectivity index (χ1v) is 6.98. The summed E-state index contributed by atoms with van der Waals surface area (Å²) in [6.45, 7) is 4.79. The molecule has 1 heterocycles. The number of carboxylic acids is 1. The third-order valence-corrected chi connectivity index (χ3v) is 2.87. The van der Waals surface area contributed by atoms with Crippen LogP contribution < -0.4 is 16.2 Å². The Balaban J connectivity index is 2.69. The number of alkyl carbamates (subject to hydrolysis) is 1. The van der Waals surface area contributed by atoms with Gasteiger partial charge in [-0.1, -0.05) is 24.3 Å². The highest BCUT2D eigenvalue weighted by molar-refractivity contribution is 6.29. The molecule has 0 aromatic carbocycles. The van der Waals surface area contributed by atoms with E-state index in [1.54, 1.807) is 6.92 Å². The zero-order chi connectivity index (χ0) is 17.4. The van der Waals surface area contributed by atoms with Crippen molar-refractivity contribution in [2.24, 2.45) is 0 Å². The van der Waals surface area contributed by atoms with Gasteiger partial charge in [0.15, 0.2) is 5.82 Å². The first-order chi connectivity index (χ1) is 10.8. The Morgan fingerprint density at radius 2 is 2.30 bits per heavy atom. The van der Waals surface area contributed by atoms with Crippen LogP contribution in [-0.2, 0) is 16.1 Å². The number of carboxylic acid groups (broad SMARTS) is 1. The molecule has 0 saturated carbocycles. The maximum atomic E-state index is 12.1. The number of hydrogen-bond acceptors (Lipinski definition) is 6. The predicted octanol–water partition coefficient (Wildman–Crippen LogP) is 0.694. The molecule has 1 rings (SSSR count). The molecule has 10 heteroatoms. The van der Waals surface area contributed by atoms with Gasteiger partial charge in [-0.25, -0.2) is 9.78 Å². The Kier molecular flexibility index (Phi) is 7.07. The van der Waals surface area contributed by atoms with Gasteiger partial charge in [-0.2, -0.15) is 0 Å². The van der Waals surface area contributed by atoms with E-state index in [0.717, 1.165) is 4.57 Å². The molecule has 0 fully saturated rings. The van der Waals surface area contributed by atoms with E-state index in [9.17, 15) is 14.4 Å². The first kappa shape index (κ1) is 18.5. The molecule has 126 valence electrons. The van der Waals surface area contributed by atoms with Crippen LogP contribution in [0.3, 0.4) is 0 Å². The summed E-state index contributed by atoms with van der Waals surface area (Å²) in [5.41, 5.74) is -0.666. The van der Waals surface area contributed by atoms with Gasteiger partial charge in [0.25, 0.3) is 5.56 Å². The summed E-state index contributed by atoms with van der Waals surface area (Å²) in [6.07, 6.45) is 1.99. The second kappa shape index (κ2) is 8.79. The highest BCUT2D eigenvalue weighted by Crippen LogP contribution is 2.07. The minimum atomic E-state index is -1.20. The van der Waals surface area contributed by atoms with Crippen molar-refractivity contribution < 1.29 is 19.4 Å². The molecule has 23 heavy (non-hydrogen) atoms. The Bertz CT molecular complexity index is 646. The molecule has 0 aliphatic carbocycles. The lowest BCUT2D eigenvalue weighted by Gasteiger charge is -2.15. The number of aliphatic carboxylic acids is 1. The summed E-state index contributed by atoms with van der Waals surface area (Å²) in [5.74, 6) is -1.27. The Morgan fingerprint density at radius 1 is 1.61 bits per heavy atom. The number of anilines is 1. The monoisotopic (exact) mass is 344 g/mol. The molecule has 1 atom stereocenters. The normalized spacial score (nSPS) is 11.4. The van der Waals surface area contributed by atoms with Gasteiger partial charge in [-0.3, -0.25) is 14.2 Å². The summed E-state index contributed by atoms with van der Waals surface area (Å²) in [6, 6.07) is -0.356. The highest BCUT2D eigenvalue weighted by atomic mass is 35.5. The van der Waals surface area contributed by atoms with Gasteiger partial charge in [0.2, 0.25) is 0 Å². The van der Waals surface area contributed by atoms with Gasteiger partial charge < -0.3 is 20.5 Å². The fourth-order valence-electron chi connectivity index (χ4n) is 1.56. The lowest BCUT2D eigenvalue weighted by atomic mass is 10.3. The molecule has 1 aromatic rings. The van der Waals surface area contributed by atoms with Crippen LogP contribution in [0.2, 0.25) is 5.15 Å². The first-order valence-electron chi connectivity index (χ1n) is 6.60. The van der Waals surface area contributed by atoms with Crippen LogP contribution in [0.1, 0.15) is 6.92 Å². The van der Waals surface area contributed by atoms with E-state index < -0.39 is 24.2 Å². The minimum Gasteiger partial charge on any atom is -0.480 e. The van der Waals surface area contributed by atoms with Crippen molar-refractivity contribution in [3.8, 4) is 0 Å². The molecule has 0 radical (unpaired) electrons. The van der Waals surface area contributed by atoms with E-state index in [1.165, 1.54) is 12.3 Å². The maximum Gasteiger partial charge on any atom is 0.407 e. The number of halogens is 1. The number of carbonyl (C=O) groups excluding carboxylic acids is 1. The van der Waals surface area contributed by atoms with Gasteiger partial charge in [0.1, 0.15) is 18.3 Å². The van der Waals surface area contributed by atoms with Crippen LogP contribution in [0.15, 0.2) is 23.6 Å². The van der Waals surface area contributed by atoms with Crippen LogP contribution in [0, 0.1) is 0 Å². The third kappa shape index (κ3) is 5.99. The second-order valence-electron chi connectivity index (χ2n) is 4.53. The maximum absolute atomic E-state index is 12.1. The van der Waals surface area contributed by atoms with E-state index >= 15 is 0 Å². The zero-order valence-corrected chi connectivity index (χ0v) is 13.2. The Hall–Kier alpha value is -2.55. The average molecular weight is 345 g/mol. The number of amides is 1. The molecule has 1 amide bonds. The minimum absolute atomic E-state index is 0.0654.